The van der Waals surface area contributed by atoms with Crippen LogP contribution in [0.5, 0.6) is 5.75 Å². The van der Waals surface area contributed by atoms with Gasteiger partial charge in [-0.05, 0) is 25.1 Å². The Kier molecular flexibility index (Phi) is 5.59. The number of aromatic nitrogens is 3. The molecule has 7 nitrogen and oxygen atoms in total. The van der Waals surface area contributed by atoms with E-state index in [0.29, 0.717) is 29.2 Å². The normalized spacial score (nSPS) is 16.3. The van der Waals surface area contributed by atoms with Crippen LogP contribution in [0.2, 0.25) is 0 Å². The first-order chi connectivity index (χ1) is 14.2. The number of amides is 1. The minimum atomic E-state index is -0.325. The number of nitrogens with zero attached hydrogens (tertiary/aromatic N) is 3. The van der Waals surface area contributed by atoms with E-state index in [9.17, 15) is 9.59 Å². The number of benzene rings is 1. The van der Waals surface area contributed by atoms with Crippen LogP contribution in [0.15, 0.2) is 34.2 Å². The highest BCUT2D eigenvalue weighted by Crippen LogP contribution is 2.31. The van der Waals surface area contributed by atoms with Crippen LogP contribution in [0.4, 0.5) is 5.13 Å². The summed E-state index contributed by atoms with van der Waals surface area (Å²) in [5.74, 6) is 0.900. The number of nitrogens with one attached hydrogen (secondary N) is 1. The van der Waals surface area contributed by atoms with Crippen molar-refractivity contribution in [1.29, 1.82) is 0 Å². The highest BCUT2D eigenvalue weighted by Gasteiger charge is 2.29. The van der Waals surface area contributed by atoms with Gasteiger partial charge in [0.15, 0.2) is 10.3 Å². The van der Waals surface area contributed by atoms with Gasteiger partial charge < -0.3 is 10.1 Å². The summed E-state index contributed by atoms with van der Waals surface area (Å²) < 4.78 is 8.07. The van der Waals surface area contributed by atoms with Crippen molar-refractivity contribution >= 4 is 44.4 Å². The number of hydrogen-bond donors (Lipinski definition) is 1. The summed E-state index contributed by atoms with van der Waals surface area (Å²) in [6, 6.07) is 7.26. The Hall–Kier alpha value is -2.39. The van der Waals surface area contributed by atoms with Gasteiger partial charge in [0.1, 0.15) is 5.75 Å². The Morgan fingerprint density at radius 3 is 2.83 bits per heavy atom. The lowest BCUT2D eigenvalue weighted by Crippen LogP contribution is -2.37. The summed E-state index contributed by atoms with van der Waals surface area (Å²) in [6.45, 7) is 8.96. The van der Waals surface area contributed by atoms with Crippen LogP contribution >= 0.6 is 23.1 Å². The molecule has 0 unspecified atom stereocenters. The number of carbonyl (C=O) groups is 1. The molecule has 2 aromatic heterocycles. The van der Waals surface area contributed by atoms with E-state index in [1.807, 2.05) is 45.9 Å². The number of thioether (sulfide) groups is 1. The maximum absolute atomic E-state index is 12.8. The first kappa shape index (κ1) is 20.9. The van der Waals surface area contributed by atoms with Gasteiger partial charge in [0.05, 0.1) is 28.4 Å². The second kappa shape index (κ2) is 8.03. The average molecular weight is 445 g/mol. The predicted molar refractivity (Wildman–Crippen MR) is 121 cm³/mol. The second-order valence-electron chi connectivity index (χ2n) is 8.20. The molecule has 0 saturated heterocycles. The van der Waals surface area contributed by atoms with Gasteiger partial charge >= 0.3 is 0 Å². The largest absolute Gasteiger partial charge is 0.494 e. The molecule has 0 fully saturated rings. The molecular weight excluding hydrogens is 420 g/mol. The molecular formula is C21H24N4O3S2. The van der Waals surface area contributed by atoms with Crippen molar-refractivity contribution in [3.63, 3.8) is 0 Å². The average Bonchev–Trinajstić information content (AvgIpc) is 3.08. The summed E-state index contributed by atoms with van der Waals surface area (Å²) in [5, 5.41) is 4.15. The third kappa shape index (κ3) is 4.22. The van der Waals surface area contributed by atoms with E-state index in [2.05, 4.69) is 15.3 Å². The Balaban J connectivity index is 1.50. The van der Waals surface area contributed by atoms with Crippen molar-refractivity contribution in [2.24, 2.45) is 5.92 Å². The van der Waals surface area contributed by atoms with E-state index in [4.69, 9.17) is 4.74 Å². The van der Waals surface area contributed by atoms with Gasteiger partial charge in [0.2, 0.25) is 5.91 Å². The maximum atomic E-state index is 12.8. The van der Waals surface area contributed by atoms with Gasteiger partial charge in [-0.2, -0.15) is 0 Å². The van der Waals surface area contributed by atoms with E-state index in [1.165, 1.54) is 23.1 Å². The molecule has 1 amide bonds. The highest BCUT2D eigenvalue weighted by atomic mass is 32.2. The molecule has 0 bridgehead atoms. The van der Waals surface area contributed by atoms with Gasteiger partial charge in [-0.3, -0.25) is 14.2 Å². The summed E-state index contributed by atoms with van der Waals surface area (Å²) >= 11 is 2.86. The molecule has 158 valence electrons. The number of thiazole rings is 1. The number of hydrogen-bond acceptors (Lipinski definition) is 7. The molecule has 4 rings (SSSR count). The molecule has 30 heavy (non-hydrogen) atoms. The SMILES string of the molecule is CCOc1ccc2nc(NC(=O)[C@H]3CSc4nc(C(C)(C)C)cc(=O)n4C3)sc2c1. The Bertz CT molecular complexity index is 1160. The van der Waals surface area contributed by atoms with Crippen LogP contribution in [0.25, 0.3) is 10.2 Å². The van der Waals surface area contributed by atoms with Gasteiger partial charge in [-0.1, -0.05) is 43.9 Å². The number of anilines is 1. The molecule has 0 radical (unpaired) electrons. The fraction of sp³-hybridized carbons (Fsp3) is 0.429. The van der Waals surface area contributed by atoms with Crippen LogP contribution in [-0.2, 0) is 16.8 Å². The number of ether oxygens (including phenoxy) is 1. The molecule has 1 N–H and O–H groups in total. The fourth-order valence-electron chi connectivity index (χ4n) is 3.18. The molecule has 1 aliphatic heterocycles. The zero-order chi connectivity index (χ0) is 21.5. The summed E-state index contributed by atoms with van der Waals surface area (Å²) in [5.41, 5.74) is 1.28. The lowest BCUT2D eigenvalue weighted by atomic mass is 9.92. The van der Waals surface area contributed by atoms with Crippen molar-refractivity contribution in [2.75, 3.05) is 17.7 Å². The van der Waals surface area contributed by atoms with Gasteiger partial charge in [-0.25, -0.2) is 9.97 Å². The first-order valence-electron chi connectivity index (χ1n) is 9.84. The quantitative estimate of drug-likeness (QED) is 0.614. The smallest absolute Gasteiger partial charge is 0.254 e. The van der Waals surface area contributed by atoms with Crippen molar-refractivity contribution in [3.05, 3.63) is 40.3 Å². The van der Waals surface area contributed by atoms with Crippen LogP contribution in [0, 0.1) is 5.92 Å². The molecule has 1 atom stereocenters. The molecule has 0 saturated carbocycles. The Morgan fingerprint density at radius 1 is 1.30 bits per heavy atom. The van der Waals surface area contributed by atoms with E-state index in [-0.39, 0.29) is 22.8 Å². The lowest BCUT2D eigenvalue weighted by molar-refractivity contribution is -0.119. The number of carbonyl (C=O) groups excluding carboxylic acids is 1. The Morgan fingerprint density at radius 2 is 2.10 bits per heavy atom. The minimum absolute atomic E-state index is 0.113. The van der Waals surface area contributed by atoms with E-state index in [0.717, 1.165) is 21.7 Å². The number of fused-ring (bicyclic) bond motifs is 2. The van der Waals surface area contributed by atoms with Crippen LogP contribution < -0.4 is 15.6 Å². The summed E-state index contributed by atoms with van der Waals surface area (Å²) in [7, 11) is 0. The Labute approximate surface area is 182 Å². The van der Waals surface area contributed by atoms with Gasteiger partial charge in [0, 0.05) is 23.8 Å². The monoisotopic (exact) mass is 444 g/mol. The molecule has 0 aliphatic carbocycles. The van der Waals surface area contributed by atoms with Crippen LogP contribution in [0.1, 0.15) is 33.4 Å². The number of rotatable bonds is 4. The van der Waals surface area contributed by atoms with E-state index in [1.54, 1.807) is 10.6 Å². The zero-order valence-corrected chi connectivity index (χ0v) is 19.0. The topological polar surface area (TPSA) is 86.1 Å². The molecule has 9 heteroatoms. The van der Waals surface area contributed by atoms with Crippen LogP contribution in [-0.4, -0.2) is 32.8 Å². The third-order valence-corrected chi connectivity index (χ3v) is 6.90. The molecule has 1 aliphatic rings. The predicted octanol–water partition coefficient (Wildman–Crippen LogP) is 3.91. The van der Waals surface area contributed by atoms with E-state index >= 15 is 0 Å². The summed E-state index contributed by atoms with van der Waals surface area (Å²) in [4.78, 5) is 34.6. The molecule has 3 heterocycles. The van der Waals surface area contributed by atoms with Crippen molar-refractivity contribution in [2.45, 2.75) is 44.8 Å². The molecule has 0 spiro atoms. The van der Waals surface area contributed by atoms with Gasteiger partial charge in [0.25, 0.3) is 5.56 Å². The maximum Gasteiger partial charge on any atom is 0.254 e. The van der Waals surface area contributed by atoms with Crippen LogP contribution in [0.3, 0.4) is 0 Å². The van der Waals surface area contributed by atoms with Crippen molar-refractivity contribution < 1.29 is 9.53 Å². The molecule has 1 aromatic carbocycles. The first-order valence-corrected chi connectivity index (χ1v) is 11.6. The lowest BCUT2D eigenvalue weighted by Gasteiger charge is -2.26. The summed E-state index contributed by atoms with van der Waals surface area (Å²) in [6.07, 6.45) is 0. The van der Waals surface area contributed by atoms with Crippen molar-refractivity contribution in [3.8, 4) is 5.75 Å². The van der Waals surface area contributed by atoms with Crippen molar-refractivity contribution in [1.82, 2.24) is 14.5 Å². The second-order valence-corrected chi connectivity index (χ2v) is 10.2. The highest BCUT2D eigenvalue weighted by molar-refractivity contribution is 7.99. The van der Waals surface area contributed by atoms with Gasteiger partial charge in [-0.15, -0.1) is 0 Å². The standard InChI is InChI=1S/C21H24N4O3S2/c1-5-28-13-6-7-14-15(8-13)30-19(22-14)24-18(27)12-10-25-17(26)9-16(21(2,3)4)23-20(25)29-11-12/h6-9,12H,5,10-11H2,1-4H3,(H,22,24,27)/t12-/m1/s1. The third-order valence-electron chi connectivity index (χ3n) is 4.83. The zero-order valence-electron chi connectivity index (χ0n) is 17.4. The molecule has 3 aromatic rings. The fourth-order valence-corrected chi connectivity index (χ4v) is 5.16. The minimum Gasteiger partial charge on any atom is -0.494 e. The van der Waals surface area contributed by atoms with E-state index < -0.39 is 0 Å².